The average molecular weight is 356 g/mol. The van der Waals surface area contributed by atoms with Crippen molar-refractivity contribution in [3.8, 4) is 0 Å². The number of H-pyrrole nitrogens is 1. The normalized spacial score (nSPS) is 10.9. The Bertz CT molecular complexity index is 929. The minimum Gasteiger partial charge on any atom is -0.351 e. The largest absolute Gasteiger partial charge is 0.351 e. The first kappa shape index (κ1) is 17.0. The second-order valence-corrected chi connectivity index (χ2v) is 6.53. The van der Waals surface area contributed by atoms with Crippen LogP contribution in [0.25, 0.3) is 10.9 Å². The van der Waals surface area contributed by atoms with Gasteiger partial charge >= 0.3 is 0 Å². The number of carbonyl (C=O) groups excluding carboxylic acids is 2. The van der Waals surface area contributed by atoms with E-state index in [1.54, 1.807) is 42.5 Å². The van der Waals surface area contributed by atoms with Crippen LogP contribution in [0.4, 0.5) is 11.4 Å². The monoisotopic (exact) mass is 355 g/mol. The maximum absolute atomic E-state index is 12.4. The zero-order valence-electron chi connectivity index (χ0n) is 13.9. The molecule has 0 aliphatic rings. The molecular weight excluding hydrogens is 338 g/mol. The molecule has 3 rings (SSSR count). The van der Waals surface area contributed by atoms with Crippen LogP contribution in [-0.2, 0) is 4.79 Å². The number of aromatic nitrogens is 1. The van der Waals surface area contributed by atoms with Crippen LogP contribution in [0.2, 0.25) is 5.02 Å². The third-order valence-corrected chi connectivity index (χ3v) is 4.00. The first-order valence-corrected chi connectivity index (χ1v) is 8.31. The Labute approximate surface area is 150 Å². The standard InChI is InChI=1S/C19H18ClN3O2/c1-11(2)18(24)21-14-4-6-15(7-5-14)22-19(25)17-10-12-9-13(20)3-8-16(12)23-17/h3-11,23H,1-2H3,(H,21,24)(H,22,25). The minimum absolute atomic E-state index is 0.0477. The van der Waals surface area contributed by atoms with Gasteiger partial charge in [-0.3, -0.25) is 9.59 Å². The van der Waals surface area contributed by atoms with Gasteiger partial charge in [-0.2, -0.15) is 0 Å². The summed E-state index contributed by atoms with van der Waals surface area (Å²) in [6.07, 6.45) is 0. The number of rotatable bonds is 4. The van der Waals surface area contributed by atoms with E-state index < -0.39 is 0 Å². The lowest BCUT2D eigenvalue weighted by Crippen LogP contribution is -2.17. The van der Waals surface area contributed by atoms with E-state index >= 15 is 0 Å². The van der Waals surface area contributed by atoms with Crippen LogP contribution >= 0.6 is 11.6 Å². The second kappa shape index (κ2) is 6.99. The minimum atomic E-state index is -0.244. The molecule has 0 fully saturated rings. The fourth-order valence-electron chi connectivity index (χ4n) is 2.35. The topological polar surface area (TPSA) is 74.0 Å². The summed E-state index contributed by atoms with van der Waals surface area (Å²) in [6, 6.07) is 14.2. The van der Waals surface area contributed by atoms with E-state index in [1.807, 2.05) is 19.9 Å². The summed E-state index contributed by atoms with van der Waals surface area (Å²) in [7, 11) is 0. The molecule has 128 valence electrons. The summed E-state index contributed by atoms with van der Waals surface area (Å²) in [6.45, 7) is 3.66. The van der Waals surface area contributed by atoms with Crippen LogP contribution < -0.4 is 10.6 Å². The highest BCUT2D eigenvalue weighted by molar-refractivity contribution is 6.31. The van der Waals surface area contributed by atoms with Crippen molar-refractivity contribution >= 4 is 45.7 Å². The van der Waals surface area contributed by atoms with E-state index in [0.717, 1.165) is 10.9 Å². The van der Waals surface area contributed by atoms with E-state index in [4.69, 9.17) is 11.6 Å². The molecule has 2 aromatic carbocycles. The van der Waals surface area contributed by atoms with Crippen molar-refractivity contribution in [2.24, 2.45) is 5.92 Å². The third-order valence-electron chi connectivity index (χ3n) is 3.76. The van der Waals surface area contributed by atoms with Gasteiger partial charge in [0.2, 0.25) is 5.91 Å². The Morgan fingerprint density at radius 1 is 0.960 bits per heavy atom. The number of benzene rings is 2. The maximum Gasteiger partial charge on any atom is 0.272 e. The molecule has 1 aromatic heterocycles. The molecular formula is C19H18ClN3O2. The third kappa shape index (κ3) is 4.00. The molecule has 6 heteroatoms. The van der Waals surface area contributed by atoms with Crippen molar-refractivity contribution in [3.05, 3.63) is 59.2 Å². The number of anilines is 2. The zero-order valence-corrected chi connectivity index (χ0v) is 14.6. The van der Waals surface area contributed by atoms with Crippen LogP contribution in [0.5, 0.6) is 0 Å². The van der Waals surface area contributed by atoms with Gasteiger partial charge in [0.1, 0.15) is 5.69 Å². The van der Waals surface area contributed by atoms with Gasteiger partial charge in [-0.1, -0.05) is 25.4 Å². The summed E-state index contributed by atoms with van der Waals surface area (Å²) in [5.74, 6) is -0.380. The summed E-state index contributed by atoms with van der Waals surface area (Å²) in [4.78, 5) is 27.1. The van der Waals surface area contributed by atoms with Crippen molar-refractivity contribution < 1.29 is 9.59 Å². The Morgan fingerprint density at radius 3 is 2.24 bits per heavy atom. The number of halogens is 1. The van der Waals surface area contributed by atoms with Crippen molar-refractivity contribution in [1.29, 1.82) is 0 Å². The van der Waals surface area contributed by atoms with Crippen LogP contribution in [-0.4, -0.2) is 16.8 Å². The van der Waals surface area contributed by atoms with Crippen molar-refractivity contribution in [2.75, 3.05) is 10.6 Å². The van der Waals surface area contributed by atoms with Gasteiger partial charge in [0.15, 0.2) is 0 Å². The summed E-state index contributed by atoms with van der Waals surface area (Å²) in [5.41, 5.74) is 2.64. The fourth-order valence-corrected chi connectivity index (χ4v) is 2.53. The second-order valence-electron chi connectivity index (χ2n) is 6.09. The molecule has 0 saturated heterocycles. The summed E-state index contributed by atoms with van der Waals surface area (Å²) < 4.78 is 0. The molecule has 0 atom stereocenters. The van der Waals surface area contributed by atoms with Crippen LogP contribution in [0.3, 0.4) is 0 Å². The summed E-state index contributed by atoms with van der Waals surface area (Å²) in [5, 5.41) is 7.13. The van der Waals surface area contributed by atoms with Crippen LogP contribution in [0, 0.1) is 5.92 Å². The Kier molecular flexibility index (Phi) is 4.76. The zero-order chi connectivity index (χ0) is 18.0. The van der Waals surface area contributed by atoms with Gasteiger partial charge in [0.25, 0.3) is 5.91 Å². The van der Waals surface area contributed by atoms with Gasteiger partial charge in [0, 0.05) is 33.2 Å². The molecule has 3 N–H and O–H groups in total. The molecule has 25 heavy (non-hydrogen) atoms. The van der Waals surface area contributed by atoms with Gasteiger partial charge in [0.05, 0.1) is 0 Å². The molecule has 5 nitrogen and oxygen atoms in total. The molecule has 0 aliphatic heterocycles. The Hall–Kier alpha value is -2.79. The van der Waals surface area contributed by atoms with E-state index in [1.165, 1.54) is 0 Å². The molecule has 0 saturated carbocycles. The number of nitrogens with one attached hydrogen (secondary N) is 3. The van der Waals surface area contributed by atoms with Crippen molar-refractivity contribution in [1.82, 2.24) is 4.98 Å². The lowest BCUT2D eigenvalue weighted by atomic mass is 10.2. The molecule has 3 aromatic rings. The molecule has 0 spiro atoms. The summed E-state index contributed by atoms with van der Waals surface area (Å²) >= 11 is 5.96. The quantitative estimate of drug-likeness (QED) is 0.636. The molecule has 0 unspecified atom stereocenters. The molecule has 2 amide bonds. The number of amides is 2. The highest BCUT2D eigenvalue weighted by Gasteiger charge is 2.11. The number of hydrogen-bond donors (Lipinski definition) is 3. The lowest BCUT2D eigenvalue weighted by molar-refractivity contribution is -0.118. The van der Waals surface area contributed by atoms with E-state index in [2.05, 4.69) is 15.6 Å². The van der Waals surface area contributed by atoms with Crippen LogP contribution in [0.1, 0.15) is 24.3 Å². The van der Waals surface area contributed by atoms with E-state index in [9.17, 15) is 9.59 Å². The van der Waals surface area contributed by atoms with E-state index in [-0.39, 0.29) is 17.7 Å². The van der Waals surface area contributed by atoms with Crippen LogP contribution in [0.15, 0.2) is 48.5 Å². The Balaban J connectivity index is 1.70. The lowest BCUT2D eigenvalue weighted by Gasteiger charge is -2.09. The predicted octanol–water partition coefficient (Wildman–Crippen LogP) is 4.67. The Morgan fingerprint density at radius 2 is 1.60 bits per heavy atom. The highest BCUT2D eigenvalue weighted by Crippen LogP contribution is 2.21. The first-order valence-electron chi connectivity index (χ1n) is 7.93. The van der Waals surface area contributed by atoms with Gasteiger partial charge < -0.3 is 15.6 Å². The molecule has 0 bridgehead atoms. The molecule has 0 aliphatic carbocycles. The number of hydrogen-bond acceptors (Lipinski definition) is 2. The van der Waals surface area contributed by atoms with Gasteiger partial charge in [-0.05, 0) is 48.5 Å². The fraction of sp³-hybridized carbons (Fsp3) is 0.158. The van der Waals surface area contributed by atoms with Crippen molar-refractivity contribution in [2.45, 2.75) is 13.8 Å². The SMILES string of the molecule is CC(C)C(=O)Nc1ccc(NC(=O)c2cc3cc(Cl)ccc3[nH]2)cc1. The maximum atomic E-state index is 12.4. The molecule has 0 radical (unpaired) electrons. The number of fused-ring (bicyclic) bond motifs is 1. The number of aromatic amines is 1. The first-order chi connectivity index (χ1) is 11.9. The average Bonchev–Trinajstić information content (AvgIpc) is 2.99. The number of carbonyl (C=O) groups is 2. The highest BCUT2D eigenvalue weighted by atomic mass is 35.5. The predicted molar refractivity (Wildman–Crippen MR) is 101 cm³/mol. The van der Waals surface area contributed by atoms with Crippen molar-refractivity contribution in [3.63, 3.8) is 0 Å². The van der Waals surface area contributed by atoms with Gasteiger partial charge in [-0.15, -0.1) is 0 Å². The van der Waals surface area contributed by atoms with E-state index in [0.29, 0.717) is 22.1 Å². The smallest absolute Gasteiger partial charge is 0.272 e. The van der Waals surface area contributed by atoms with Gasteiger partial charge in [-0.25, -0.2) is 0 Å². The molecule has 1 heterocycles.